The van der Waals surface area contributed by atoms with E-state index >= 15 is 0 Å². The Hall–Kier alpha value is -1.40. The summed E-state index contributed by atoms with van der Waals surface area (Å²) < 4.78 is 2.14. The van der Waals surface area contributed by atoms with Gasteiger partial charge in [-0.15, -0.1) is 11.3 Å². The fourth-order valence-corrected chi connectivity index (χ4v) is 2.86. The minimum Gasteiger partial charge on any atom is -0.355 e. The highest BCUT2D eigenvalue weighted by Gasteiger charge is 2.11. The van der Waals surface area contributed by atoms with Crippen molar-refractivity contribution in [1.82, 2.24) is 20.0 Å². The van der Waals surface area contributed by atoms with Crippen molar-refractivity contribution >= 4 is 22.2 Å². The van der Waals surface area contributed by atoms with Crippen LogP contribution in [0.15, 0.2) is 5.38 Å². The summed E-state index contributed by atoms with van der Waals surface area (Å²) in [5.74, 6) is 0.0259. The first-order valence-electron chi connectivity index (χ1n) is 6.03. The van der Waals surface area contributed by atoms with E-state index in [4.69, 9.17) is 0 Å². The maximum Gasteiger partial charge on any atom is 0.233 e. The van der Waals surface area contributed by atoms with Gasteiger partial charge in [-0.1, -0.05) is 0 Å². The van der Waals surface area contributed by atoms with Gasteiger partial charge in [-0.25, -0.2) is 4.98 Å². The maximum absolute atomic E-state index is 11.3. The molecule has 18 heavy (non-hydrogen) atoms. The number of nitrogens with one attached hydrogen (secondary N) is 2. The highest BCUT2D eigenvalue weighted by molar-refractivity contribution is 7.15. The van der Waals surface area contributed by atoms with Gasteiger partial charge in [-0.3, -0.25) is 9.20 Å². The van der Waals surface area contributed by atoms with Crippen molar-refractivity contribution in [2.24, 2.45) is 0 Å². The topological polar surface area (TPSA) is 58.4 Å². The first kappa shape index (κ1) is 13.0. The molecule has 2 N–H and O–H groups in total. The number of aryl methyl sites for hydroxylation is 2. The summed E-state index contributed by atoms with van der Waals surface area (Å²) in [7, 11) is 0. The van der Waals surface area contributed by atoms with Gasteiger partial charge in [0.25, 0.3) is 0 Å². The SMILES string of the molecule is CCNC(=O)CNCc1c(C)nc2scc(C)n12. The fourth-order valence-electron chi connectivity index (χ4n) is 1.93. The Morgan fingerprint density at radius 3 is 3.00 bits per heavy atom. The number of imidazole rings is 1. The van der Waals surface area contributed by atoms with Crippen LogP contribution in [-0.2, 0) is 11.3 Å². The van der Waals surface area contributed by atoms with Crippen molar-refractivity contribution in [1.29, 1.82) is 0 Å². The number of hydrogen-bond acceptors (Lipinski definition) is 4. The van der Waals surface area contributed by atoms with Crippen LogP contribution in [0.3, 0.4) is 0 Å². The lowest BCUT2D eigenvalue weighted by molar-refractivity contribution is -0.120. The normalized spacial score (nSPS) is 11.1. The molecule has 2 rings (SSSR count). The average Bonchev–Trinajstić information content (AvgIpc) is 2.81. The van der Waals surface area contributed by atoms with Crippen molar-refractivity contribution in [3.8, 4) is 0 Å². The Bertz CT molecular complexity index is 558. The first-order chi connectivity index (χ1) is 8.63. The number of amides is 1. The van der Waals surface area contributed by atoms with Crippen LogP contribution in [0.1, 0.15) is 24.0 Å². The van der Waals surface area contributed by atoms with Crippen molar-refractivity contribution in [3.05, 3.63) is 22.5 Å². The molecule has 0 aliphatic rings. The molecule has 0 fully saturated rings. The van der Waals surface area contributed by atoms with Gasteiger partial charge in [-0.05, 0) is 20.8 Å². The lowest BCUT2D eigenvalue weighted by Crippen LogP contribution is -2.33. The van der Waals surface area contributed by atoms with Crippen LogP contribution in [0, 0.1) is 13.8 Å². The Morgan fingerprint density at radius 1 is 1.50 bits per heavy atom. The Balaban J connectivity index is 2.05. The summed E-state index contributed by atoms with van der Waals surface area (Å²) in [5.41, 5.74) is 3.34. The molecule has 0 aliphatic carbocycles. The summed E-state index contributed by atoms with van der Waals surface area (Å²) in [5, 5.41) is 8.01. The van der Waals surface area contributed by atoms with Crippen LogP contribution < -0.4 is 10.6 Å². The number of carbonyl (C=O) groups is 1. The third-order valence-electron chi connectivity index (χ3n) is 2.78. The average molecular weight is 266 g/mol. The molecule has 2 aromatic heterocycles. The predicted octanol–water partition coefficient (Wildman–Crippen LogP) is 1.24. The smallest absolute Gasteiger partial charge is 0.233 e. The minimum absolute atomic E-state index is 0.0259. The summed E-state index contributed by atoms with van der Waals surface area (Å²) in [6.45, 7) is 7.64. The minimum atomic E-state index is 0.0259. The standard InChI is InChI=1S/C12H18N4OS/c1-4-14-11(17)6-13-5-10-9(3)15-12-16(10)8(2)7-18-12/h7,13H,4-6H2,1-3H3,(H,14,17). The van der Waals surface area contributed by atoms with Crippen LogP contribution in [0.5, 0.6) is 0 Å². The number of thiazole rings is 1. The summed E-state index contributed by atoms with van der Waals surface area (Å²) in [6.07, 6.45) is 0. The summed E-state index contributed by atoms with van der Waals surface area (Å²) in [4.78, 5) is 16.9. The van der Waals surface area contributed by atoms with Crippen molar-refractivity contribution in [3.63, 3.8) is 0 Å². The van der Waals surface area contributed by atoms with Gasteiger partial charge in [0.15, 0.2) is 4.96 Å². The van der Waals surface area contributed by atoms with E-state index in [1.54, 1.807) is 11.3 Å². The second-order valence-corrected chi connectivity index (χ2v) is 5.03. The molecule has 0 bridgehead atoms. The lowest BCUT2D eigenvalue weighted by atomic mass is 10.3. The van der Waals surface area contributed by atoms with E-state index in [0.29, 0.717) is 19.6 Å². The Morgan fingerprint density at radius 2 is 2.28 bits per heavy atom. The second kappa shape index (κ2) is 5.49. The molecule has 5 nitrogen and oxygen atoms in total. The van der Waals surface area contributed by atoms with Crippen LogP contribution in [-0.4, -0.2) is 28.4 Å². The number of nitrogens with zero attached hydrogens (tertiary/aromatic N) is 2. The van der Waals surface area contributed by atoms with Gasteiger partial charge in [-0.2, -0.15) is 0 Å². The van der Waals surface area contributed by atoms with E-state index in [1.165, 1.54) is 5.69 Å². The quantitative estimate of drug-likeness (QED) is 0.856. The number of likely N-dealkylation sites (N-methyl/N-ethyl adjacent to an activating group) is 1. The largest absolute Gasteiger partial charge is 0.355 e. The molecule has 0 saturated carbocycles. The number of rotatable bonds is 5. The van der Waals surface area contributed by atoms with Crippen LogP contribution >= 0.6 is 11.3 Å². The van der Waals surface area contributed by atoms with Crippen LogP contribution in [0.4, 0.5) is 0 Å². The molecule has 0 atom stereocenters. The zero-order valence-corrected chi connectivity index (χ0v) is 11.7. The van der Waals surface area contributed by atoms with Gasteiger partial charge < -0.3 is 10.6 Å². The zero-order chi connectivity index (χ0) is 13.1. The Kier molecular flexibility index (Phi) is 3.98. The highest BCUT2D eigenvalue weighted by atomic mass is 32.1. The van der Waals surface area contributed by atoms with Gasteiger partial charge in [0.05, 0.1) is 17.9 Å². The van der Waals surface area contributed by atoms with Crippen LogP contribution in [0.25, 0.3) is 4.96 Å². The van der Waals surface area contributed by atoms with Crippen LogP contribution in [0.2, 0.25) is 0 Å². The lowest BCUT2D eigenvalue weighted by Gasteiger charge is -2.06. The highest BCUT2D eigenvalue weighted by Crippen LogP contribution is 2.20. The molecule has 0 spiro atoms. The first-order valence-corrected chi connectivity index (χ1v) is 6.91. The number of hydrogen-bond donors (Lipinski definition) is 2. The van der Waals surface area contributed by atoms with E-state index < -0.39 is 0 Å². The monoisotopic (exact) mass is 266 g/mol. The summed E-state index contributed by atoms with van der Waals surface area (Å²) in [6, 6.07) is 0. The molecule has 0 aliphatic heterocycles. The molecule has 0 saturated heterocycles. The zero-order valence-electron chi connectivity index (χ0n) is 10.9. The fraction of sp³-hybridized carbons (Fsp3) is 0.500. The van der Waals surface area contributed by atoms with Crippen molar-refractivity contribution in [2.75, 3.05) is 13.1 Å². The Labute approximate surface area is 110 Å². The predicted molar refractivity (Wildman–Crippen MR) is 72.9 cm³/mol. The second-order valence-electron chi connectivity index (χ2n) is 4.20. The molecule has 98 valence electrons. The number of carbonyl (C=O) groups excluding carboxylic acids is 1. The van der Waals surface area contributed by atoms with E-state index in [2.05, 4.69) is 32.3 Å². The molecule has 2 aromatic rings. The maximum atomic E-state index is 11.3. The molecule has 0 aromatic carbocycles. The number of fused-ring (bicyclic) bond motifs is 1. The molecule has 6 heteroatoms. The molecule has 1 amide bonds. The third-order valence-corrected chi connectivity index (χ3v) is 3.73. The van der Waals surface area contributed by atoms with Gasteiger partial charge >= 0.3 is 0 Å². The third kappa shape index (κ3) is 2.54. The van der Waals surface area contributed by atoms with Crippen molar-refractivity contribution in [2.45, 2.75) is 27.3 Å². The van der Waals surface area contributed by atoms with E-state index in [-0.39, 0.29) is 5.91 Å². The molecule has 0 radical (unpaired) electrons. The van der Waals surface area contributed by atoms with Gasteiger partial charge in [0.2, 0.25) is 5.91 Å². The molecule has 0 unspecified atom stereocenters. The van der Waals surface area contributed by atoms with Crippen molar-refractivity contribution < 1.29 is 4.79 Å². The molecular formula is C12H18N4OS. The molecule has 2 heterocycles. The van der Waals surface area contributed by atoms with E-state index in [1.807, 2.05) is 13.8 Å². The van der Waals surface area contributed by atoms with Gasteiger partial charge in [0, 0.05) is 24.2 Å². The molecular weight excluding hydrogens is 248 g/mol. The van der Waals surface area contributed by atoms with E-state index in [9.17, 15) is 4.79 Å². The number of aromatic nitrogens is 2. The van der Waals surface area contributed by atoms with E-state index in [0.717, 1.165) is 16.3 Å². The van der Waals surface area contributed by atoms with Gasteiger partial charge in [0.1, 0.15) is 0 Å². The summed E-state index contributed by atoms with van der Waals surface area (Å²) >= 11 is 1.64.